The number of benzene rings is 2. The van der Waals surface area contributed by atoms with Gasteiger partial charge in [-0.2, -0.15) is 0 Å². The van der Waals surface area contributed by atoms with Crippen LogP contribution in [0.5, 0.6) is 5.75 Å². The van der Waals surface area contributed by atoms with Crippen LogP contribution >= 0.6 is 0 Å². The van der Waals surface area contributed by atoms with Crippen LogP contribution in [0, 0.1) is 5.92 Å². The standard InChI is InChI=1S/C18H23NO/c1-3-14(2)18(19)16-10-7-11-17(12-16)20-13-15-8-5-4-6-9-15/h4-12,14,18H,3,13,19H2,1-2H3/t14?,18-/m1/s1. The lowest BCUT2D eigenvalue weighted by atomic mass is 9.93. The Balaban J connectivity index is 2.03. The fourth-order valence-electron chi connectivity index (χ4n) is 2.14. The van der Waals surface area contributed by atoms with Crippen LogP contribution in [0.15, 0.2) is 54.6 Å². The molecule has 2 nitrogen and oxygen atoms in total. The molecule has 2 aromatic carbocycles. The molecule has 0 aliphatic rings. The summed E-state index contributed by atoms with van der Waals surface area (Å²) in [5, 5.41) is 0. The van der Waals surface area contributed by atoms with Crippen LogP contribution in [-0.2, 0) is 6.61 Å². The summed E-state index contributed by atoms with van der Waals surface area (Å²) in [5.41, 5.74) is 8.58. The summed E-state index contributed by atoms with van der Waals surface area (Å²) >= 11 is 0. The summed E-state index contributed by atoms with van der Waals surface area (Å²) < 4.78 is 5.84. The minimum absolute atomic E-state index is 0.0697. The predicted molar refractivity (Wildman–Crippen MR) is 83.6 cm³/mol. The Morgan fingerprint density at radius 3 is 2.50 bits per heavy atom. The second-order valence-corrected chi connectivity index (χ2v) is 5.26. The molecular formula is C18H23NO. The van der Waals surface area contributed by atoms with Crippen molar-refractivity contribution in [3.63, 3.8) is 0 Å². The molecule has 0 heterocycles. The summed E-state index contributed by atoms with van der Waals surface area (Å²) in [7, 11) is 0. The third-order valence-corrected chi connectivity index (χ3v) is 3.75. The maximum atomic E-state index is 6.27. The van der Waals surface area contributed by atoms with Gasteiger partial charge in [0.15, 0.2) is 0 Å². The third kappa shape index (κ3) is 3.84. The van der Waals surface area contributed by atoms with Crippen molar-refractivity contribution in [1.82, 2.24) is 0 Å². The molecule has 0 bridgehead atoms. The molecule has 0 aliphatic carbocycles. The SMILES string of the molecule is CCC(C)[C@@H](N)c1cccc(OCc2ccccc2)c1. The summed E-state index contributed by atoms with van der Waals surface area (Å²) in [6.07, 6.45) is 1.08. The molecule has 0 spiro atoms. The maximum Gasteiger partial charge on any atom is 0.120 e. The van der Waals surface area contributed by atoms with Crippen LogP contribution in [0.2, 0.25) is 0 Å². The quantitative estimate of drug-likeness (QED) is 0.848. The van der Waals surface area contributed by atoms with E-state index in [0.717, 1.165) is 17.7 Å². The van der Waals surface area contributed by atoms with Gasteiger partial charge in [0.05, 0.1) is 0 Å². The Hall–Kier alpha value is -1.80. The van der Waals surface area contributed by atoms with Crippen molar-refractivity contribution in [2.45, 2.75) is 32.9 Å². The summed E-state index contributed by atoms with van der Waals surface area (Å²) in [6, 6.07) is 18.4. The van der Waals surface area contributed by atoms with Gasteiger partial charge in [-0.05, 0) is 29.2 Å². The first-order chi connectivity index (χ1) is 9.70. The van der Waals surface area contributed by atoms with Gasteiger partial charge in [0, 0.05) is 6.04 Å². The van der Waals surface area contributed by atoms with Gasteiger partial charge >= 0.3 is 0 Å². The van der Waals surface area contributed by atoms with Crippen LogP contribution in [0.3, 0.4) is 0 Å². The number of ether oxygens (including phenoxy) is 1. The molecule has 106 valence electrons. The average molecular weight is 269 g/mol. The van der Waals surface area contributed by atoms with Gasteiger partial charge in [0.1, 0.15) is 12.4 Å². The third-order valence-electron chi connectivity index (χ3n) is 3.75. The van der Waals surface area contributed by atoms with Crippen LogP contribution < -0.4 is 10.5 Å². The predicted octanol–water partition coefficient (Wildman–Crippen LogP) is 4.31. The topological polar surface area (TPSA) is 35.2 Å². The normalized spacial score (nSPS) is 13.8. The van der Waals surface area contributed by atoms with Crippen molar-refractivity contribution in [2.24, 2.45) is 11.7 Å². The molecule has 1 unspecified atom stereocenters. The molecule has 2 atom stereocenters. The molecule has 0 aliphatic heterocycles. The van der Waals surface area contributed by atoms with Crippen LogP contribution in [0.25, 0.3) is 0 Å². The van der Waals surface area contributed by atoms with E-state index in [4.69, 9.17) is 10.5 Å². The van der Waals surface area contributed by atoms with E-state index in [2.05, 4.69) is 38.1 Å². The highest BCUT2D eigenvalue weighted by Crippen LogP contribution is 2.25. The van der Waals surface area contributed by atoms with Crippen molar-refractivity contribution in [2.75, 3.05) is 0 Å². The molecule has 0 fully saturated rings. The highest BCUT2D eigenvalue weighted by molar-refractivity contribution is 5.31. The van der Waals surface area contributed by atoms with Gasteiger partial charge < -0.3 is 10.5 Å². The zero-order valence-electron chi connectivity index (χ0n) is 12.3. The van der Waals surface area contributed by atoms with Gasteiger partial charge in [0.25, 0.3) is 0 Å². The first-order valence-corrected chi connectivity index (χ1v) is 7.23. The van der Waals surface area contributed by atoms with E-state index in [1.54, 1.807) is 0 Å². The number of hydrogen-bond donors (Lipinski definition) is 1. The average Bonchev–Trinajstić information content (AvgIpc) is 2.52. The lowest BCUT2D eigenvalue weighted by Crippen LogP contribution is -2.18. The highest BCUT2D eigenvalue weighted by Gasteiger charge is 2.13. The minimum Gasteiger partial charge on any atom is -0.489 e. The Morgan fingerprint density at radius 1 is 1.05 bits per heavy atom. The number of rotatable bonds is 6. The Morgan fingerprint density at radius 2 is 1.80 bits per heavy atom. The zero-order valence-corrected chi connectivity index (χ0v) is 12.3. The molecule has 0 amide bonds. The number of nitrogens with two attached hydrogens (primary N) is 1. The smallest absolute Gasteiger partial charge is 0.120 e. The molecule has 0 aromatic heterocycles. The molecule has 0 radical (unpaired) electrons. The fraction of sp³-hybridized carbons (Fsp3) is 0.333. The largest absolute Gasteiger partial charge is 0.489 e. The zero-order chi connectivity index (χ0) is 14.4. The van der Waals surface area contributed by atoms with Gasteiger partial charge in [0.2, 0.25) is 0 Å². The first-order valence-electron chi connectivity index (χ1n) is 7.23. The van der Waals surface area contributed by atoms with E-state index >= 15 is 0 Å². The van der Waals surface area contributed by atoms with Crippen molar-refractivity contribution in [3.05, 3.63) is 65.7 Å². The molecule has 0 saturated heterocycles. The van der Waals surface area contributed by atoms with E-state index in [0.29, 0.717) is 12.5 Å². The van der Waals surface area contributed by atoms with E-state index in [1.165, 1.54) is 5.56 Å². The van der Waals surface area contributed by atoms with E-state index in [9.17, 15) is 0 Å². The summed E-state index contributed by atoms with van der Waals surface area (Å²) in [6.45, 7) is 4.94. The van der Waals surface area contributed by atoms with Crippen molar-refractivity contribution >= 4 is 0 Å². The van der Waals surface area contributed by atoms with Crippen LogP contribution in [0.1, 0.15) is 37.4 Å². The molecule has 2 aromatic rings. The molecule has 2 heteroatoms. The Labute approximate surface area is 121 Å². The highest BCUT2D eigenvalue weighted by atomic mass is 16.5. The van der Waals surface area contributed by atoms with Gasteiger partial charge in [-0.1, -0.05) is 62.7 Å². The maximum absolute atomic E-state index is 6.27. The Kier molecular flexibility index (Phi) is 5.19. The van der Waals surface area contributed by atoms with Crippen LogP contribution in [-0.4, -0.2) is 0 Å². The molecule has 2 N–H and O–H groups in total. The van der Waals surface area contributed by atoms with Gasteiger partial charge in [-0.3, -0.25) is 0 Å². The van der Waals surface area contributed by atoms with Crippen LogP contribution in [0.4, 0.5) is 0 Å². The van der Waals surface area contributed by atoms with Crippen molar-refractivity contribution in [1.29, 1.82) is 0 Å². The second kappa shape index (κ2) is 7.11. The molecule has 0 saturated carbocycles. The monoisotopic (exact) mass is 269 g/mol. The lowest BCUT2D eigenvalue weighted by molar-refractivity contribution is 0.305. The minimum atomic E-state index is 0.0697. The van der Waals surface area contributed by atoms with Gasteiger partial charge in [-0.15, -0.1) is 0 Å². The second-order valence-electron chi connectivity index (χ2n) is 5.26. The molecular weight excluding hydrogens is 246 g/mol. The molecule has 2 rings (SSSR count). The lowest BCUT2D eigenvalue weighted by Gasteiger charge is -2.19. The van der Waals surface area contributed by atoms with E-state index in [1.807, 2.05) is 30.3 Å². The fourth-order valence-corrected chi connectivity index (χ4v) is 2.14. The first kappa shape index (κ1) is 14.6. The Bertz CT molecular complexity index is 524. The summed E-state index contributed by atoms with van der Waals surface area (Å²) in [5.74, 6) is 1.35. The van der Waals surface area contributed by atoms with Crippen molar-refractivity contribution < 1.29 is 4.74 Å². The van der Waals surface area contributed by atoms with E-state index < -0.39 is 0 Å². The van der Waals surface area contributed by atoms with E-state index in [-0.39, 0.29) is 6.04 Å². The molecule has 20 heavy (non-hydrogen) atoms. The van der Waals surface area contributed by atoms with Crippen molar-refractivity contribution in [3.8, 4) is 5.75 Å². The van der Waals surface area contributed by atoms with Gasteiger partial charge in [-0.25, -0.2) is 0 Å². The summed E-state index contributed by atoms with van der Waals surface area (Å²) in [4.78, 5) is 0. The number of hydrogen-bond acceptors (Lipinski definition) is 2.